The minimum atomic E-state index is -1.27. The molecule has 0 saturated carbocycles. The van der Waals surface area contributed by atoms with E-state index in [0.29, 0.717) is 56.2 Å². The van der Waals surface area contributed by atoms with Gasteiger partial charge in [-0.15, -0.1) is 10.2 Å². The molecule has 4 aromatic carbocycles. The van der Waals surface area contributed by atoms with Crippen molar-refractivity contribution >= 4 is 52.4 Å². The maximum absolute atomic E-state index is 12.7. The number of esters is 3. The Balaban J connectivity index is 0.000000296. The molecule has 2 aliphatic heterocycles. The van der Waals surface area contributed by atoms with E-state index in [1.54, 1.807) is 18.4 Å². The smallest absolute Gasteiger partial charge is 1.00 e. The van der Waals surface area contributed by atoms with Crippen molar-refractivity contribution in [2.45, 2.75) is 72.1 Å². The number of carbonyl (C=O) groups excluding carboxylic acids is 3. The molecule has 366 valence electrons. The standard InChI is InChI=1S/C26H29N5O3.C25H25N5O4.CH3.ClH.Mg/c1-5-8-22-28-24(26(2,3)33)23(25(32)34-4)31(22)16-17-11-13-18(14-12-17)19-9-6-7-10-20(19)21-15-27-30-29-21;1-4-7-21-27-22(24(31)33-2)23(25(32)34-3)30(21)15-16-10-12-17(13-11-16)18-8-5-6-9-19(18)20-14-26-29-28-20;;;/h6-7,9-14,33H,5,8,15-16H2,1-4H3;5-6,8-13H,4,7,14-15H2,1-3H3;1H3;1H;/q;;-1;;+2/p-1. The van der Waals surface area contributed by atoms with Crippen LogP contribution in [0, 0.1) is 7.43 Å². The number of hydrogen-bond donors (Lipinski definition) is 1. The number of hydrogen-bond acceptors (Lipinski definition) is 15. The first-order chi connectivity index (χ1) is 32.9. The topological polar surface area (TPSA) is 209 Å². The Hall–Kier alpha value is -6.73. The molecule has 0 bridgehead atoms. The van der Waals surface area contributed by atoms with Crippen molar-refractivity contribution in [1.82, 2.24) is 19.1 Å². The molecule has 0 saturated heterocycles. The molecule has 4 heterocycles. The zero-order valence-corrected chi connectivity index (χ0v) is 43.5. The molecule has 71 heavy (non-hydrogen) atoms. The summed E-state index contributed by atoms with van der Waals surface area (Å²) in [4.78, 5) is 46.6. The monoisotopic (exact) mass is 992 g/mol. The second-order valence-corrected chi connectivity index (χ2v) is 16.5. The van der Waals surface area contributed by atoms with Gasteiger partial charge in [0.15, 0.2) is 17.1 Å². The SMILES string of the molecule is CCCc1nc(C(=O)OC)c(C(=O)OC)n1Cc1ccc(-c2ccccc2C2=NN=NC2)cc1.CCCc1nc(C(C)(C)O)c(C(=O)OC)n1Cc1ccc(-c2ccccc2C2=NN=NC2)cc1.[CH3-].[Cl-].[Mg+2]. The van der Waals surface area contributed by atoms with Gasteiger partial charge in [-0.3, -0.25) is 0 Å². The van der Waals surface area contributed by atoms with Crippen LogP contribution in [0.15, 0.2) is 128 Å². The molecule has 0 atom stereocenters. The molecule has 6 aromatic rings. The third-order valence-electron chi connectivity index (χ3n) is 11.3. The van der Waals surface area contributed by atoms with Crippen molar-refractivity contribution < 1.29 is 46.1 Å². The fraction of sp³-hybridized carbons (Fsp3) is 0.308. The first-order valence-corrected chi connectivity index (χ1v) is 22.3. The van der Waals surface area contributed by atoms with Gasteiger partial charge in [0.2, 0.25) is 0 Å². The third-order valence-corrected chi connectivity index (χ3v) is 11.3. The molecule has 2 aliphatic rings. The van der Waals surface area contributed by atoms with Gasteiger partial charge in [-0.05, 0) is 70.5 Å². The summed E-state index contributed by atoms with van der Waals surface area (Å²) in [5.41, 5.74) is 9.25. The van der Waals surface area contributed by atoms with Gasteiger partial charge in [-0.2, -0.15) is 10.2 Å². The van der Waals surface area contributed by atoms with Crippen LogP contribution < -0.4 is 12.4 Å². The molecule has 0 unspecified atom stereocenters. The number of rotatable bonds is 16. The molecule has 17 nitrogen and oxygen atoms in total. The van der Waals surface area contributed by atoms with Crippen molar-refractivity contribution in [3.8, 4) is 22.3 Å². The zero-order chi connectivity index (χ0) is 48.4. The molecule has 0 spiro atoms. The van der Waals surface area contributed by atoms with Crippen molar-refractivity contribution in [1.29, 1.82) is 0 Å². The van der Waals surface area contributed by atoms with Crippen LogP contribution in [0.5, 0.6) is 0 Å². The summed E-state index contributed by atoms with van der Waals surface area (Å²) in [6.07, 6.45) is 2.95. The summed E-state index contributed by atoms with van der Waals surface area (Å²) >= 11 is 0. The molecule has 8 rings (SSSR count). The molecular formula is C52H57ClMgN10O7. The maximum Gasteiger partial charge on any atom is 2.00 e. The summed E-state index contributed by atoms with van der Waals surface area (Å²) in [5, 5.41) is 34.4. The Morgan fingerprint density at radius 3 is 1.37 bits per heavy atom. The van der Waals surface area contributed by atoms with Crippen LogP contribution in [0.4, 0.5) is 0 Å². The molecule has 0 fully saturated rings. The molecular weight excluding hydrogens is 936 g/mol. The van der Waals surface area contributed by atoms with Gasteiger partial charge >= 0.3 is 41.0 Å². The van der Waals surface area contributed by atoms with Crippen LogP contribution in [0.3, 0.4) is 0 Å². The maximum atomic E-state index is 12.7. The number of aromatic nitrogens is 4. The van der Waals surface area contributed by atoms with Crippen LogP contribution in [-0.2, 0) is 45.7 Å². The number of ether oxygens (including phenoxy) is 3. The van der Waals surface area contributed by atoms with Crippen LogP contribution in [-0.4, -0.2) is 111 Å². The van der Waals surface area contributed by atoms with Crippen molar-refractivity contribution in [3.05, 3.63) is 161 Å². The minimum absolute atomic E-state index is 0. The fourth-order valence-electron chi connectivity index (χ4n) is 8.07. The largest absolute Gasteiger partial charge is 2.00 e. The first-order valence-electron chi connectivity index (χ1n) is 22.3. The van der Waals surface area contributed by atoms with Crippen molar-refractivity contribution in [2.24, 2.45) is 30.9 Å². The number of imidazole rings is 2. The summed E-state index contributed by atoms with van der Waals surface area (Å²) in [6.45, 7) is 9.07. The fourth-order valence-corrected chi connectivity index (χ4v) is 8.07. The van der Waals surface area contributed by atoms with E-state index in [4.69, 9.17) is 14.2 Å². The second kappa shape index (κ2) is 25.9. The van der Waals surface area contributed by atoms with Crippen molar-refractivity contribution in [2.75, 3.05) is 34.4 Å². The van der Waals surface area contributed by atoms with Crippen LogP contribution in [0.25, 0.3) is 22.3 Å². The van der Waals surface area contributed by atoms with Gasteiger partial charge < -0.3 is 48.3 Å². The molecule has 19 heteroatoms. The minimum Gasteiger partial charge on any atom is -1.00 e. The van der Waals surface area contributed by atoms with E-state index in [2.05, 4.69) is 66.0 Å². The molecule has 2 aromatic heterocycles. The van der Waals surface area contributed by atoms with E-state index in [-0.39, 0.29) is 54.3 Å². The van der Waals surface area contributed by atoms with E-state index >= 15 is 0 Å². The Kier molecular flexibility index (Phi) is 20.8. The first kappa shape index (κ1) is 56.9. The molecule has 0 amide bonds. The van der Waals surface area contributed by atoms with Gasteiger partial charge in [0, 0.05) is 37.1 Å². The van der Waals surface area contributed by atoms with E-state index in [1.807, 2.05) is 90.4 Å². The Morgan fingerprint density at radius 1 is 0.592 bits per heavy atom. The summed E-state index contributed by atoms with van der Waals surface area (Å²) in [5.74, 6) is -0.429. The normalized spacial score (nSPS) is 12.3. The summed E-state index contributed by atoms with van der Waals surface area (Å²) in [7, 11) is 3.88. The quantitative estimate of drug-likeness (QED) is 0.0513. The molecule has 0 radical (unpaired) electrons. The predicted octanol–water partition coefficient (Wildman–Crippen LogP) is 6.10. The van der Waals surface area contributed by atoms with E-state index in [1.165, 1.54) is 21.3 Å². The zero-order valence-electron chi connectivity index (χ0n) is 41.3. The van der Waals surface area contributed by atoms with Gasteiger partial charge in [0.1, 0.15) is 36.0 Å². The van der Waals surface area contributed by atoms with Gasteiger partial charge in [0.25, 0.3) is 0 Å². The van der Waals surface area contributed by atoms with E-state index < -0.39 is 23.5 Å². The average molecular weight is 994 g/mol. The average Bonchev–Trinajstić information content (AvgIpc) is 4.21. The summed E-state index contributed by atoms with van der Waals surface area (Å²) < 4.78 is 18.4. The molecule has 0 aliphatic carbocycles. The predicted molar refractivity (Wildman–Crippen MR) is 268 cm³/mol. The van der Waals surface area contributed by atoms with Gasteiger partial charge in [0.05, 0.1) is 32.8 Å². The Bertz CT molecular complexity index is 2940. The van der Waals surface area contributed by atoms with Crippen LogP contribution in [0.1, 0.15) is 112 Å². The molecule has 1 N–H and O–H groups in total. The number of aryl methyl sites for hydroxylation is 2. The second-order valence-electron chi connectivity index (χ2n) is 16.5. The number of carbonyl (C=O) groups is 3. The van der Waals surface area contributed by atoms with Crippen molar-refractivity contribution in [3.63, 3.8) is 0 Å². The number of methoxy groups -OCH3 is 3. The van der Waals surface area contributed by atoms with Crippen LogP contribution in [0.2, 0.25) is 0 Å². The van der Waals surface area contributed by atoms with E-state index in [9.17, 15) is 19.5 Å². The Labute approximate surface area is 436 Å². The third kappa shape index (κ3) is 13.0. The number of halogens is 1. The summed E-state index contributed by atoms with van der Waals surface area (Å²) in [6, 6.07) is 32.3. The number of aliphatic hydroxyl groups is 1. The van der Waals surface area contributed by atoms with Gasteiger partial charge in [-0.1, -0.05) is 111 Å². The number of benzene rings is 4. The number of nitrogens with zero attached hydrogens (tertiary/aromatic N) is 10. The van der Waals surface area contributed by atoms with E-state index in [0.717, 1.165) is 74.6 Å². The van der Waals surface area contributed by atoms with Gasteiger partial charge in [-0.25, -0.2) is 24.4 Å². The van der Waals surface area contributed by atoms with Crippen LogP contribution >= 0.6 is 0 Å². The Morgan fingerprint density at radius 2 is 0.986 bits per heavy atom.